The lowest BCUT2D eigenvalue weighted by atomic mass is 10.1. The summed E-state index contributed by atoms with van der Waals surface area (Å²) in [5, 5.41) is 0.0729. The van der Waals surface area contributed by atoms with Gasteiger partial charge in [0.05, 0.1) is 17.2 Å². The van der Waals surface area contributed by atoms with Gasteiger partial charge in [-0.2, -0.15) is 12.7 Å². The fourth-order valence-corrected chi connectivity index (χ4v) is 5.42. The number of piperidine rings is 1. The van der Waals surface area contributed by atoms with Crippen molar-refractivity contribution in [2.75, 3.05) is 33.8 Å². The van der Waals surface area contributed by atoms with Gasteiger partial charge >= 0.3 is 10.2 Å². The lowest BCUT2D eigenvalue weighted by Gasteiger charge is -2.34. The average Bonchev–Trinajstić information content (AvgIpc) is 3.21. The summed E-state index contributed by atoms with van der Waals surface area (Å²) in [5.41, 5.74) is -0.431. The van der Waals surface area contributed by atoms with Crippen LogP contribution in [0.15, 0.2) is 12.1 Å². The van der Waals surface area contributed by atoms with Crippen LogP contribution in [0.3, 0.4) is 0 Å². The molecule has 1 saturated heterocycles. The van der Waals surface area contributed by atoms with Gasteiger partial charge in [-0.1, -0.05) is 24.4 Å². The van der Waals surface area contributed by atoms with Gasteiger partial charge in [-0.15, -0.1) is 0 Å². The molecule has 1 saturated carbocycles. The van der Waals surface area contributed by atoms with Gasteiger partial charge in [0, 0.05) is 25.2 Å². The zero-order valence-corrected chi connectivity index (χ0v) is 18.9. The van der Waals surface area contributed by atoms with Gasteiger partial charge < -0.3 is 9.64 Å². The molecular weight excluding hydrogens is 433 g/mol. The second-order valence-corrected chi connectivity index (χ2v) is 10.3. The summed E-state index contributed by atoms with van der Waals surface area (Å²) < 4.78 is 48.4. The lowest BCUT2D eigenvalue weighted by molar-refractivity contribution is 0.0973. The van der Waals surface area contributed by atoms with E-state index in [0.717, 1.165) is 37.8 Å². The minimum absolute atomic E-state index is 0.0729. The number of halogens is 2. The highest BCUT2D eigenvalue weighted by atomic mass is 35.5. The molecule has 7 nitrogen and oxygen atoms in total. The van der Waals surface area contributed by atoms with Crippen LogP contribution < -0.4 is 9.46 Å². The van der Waals surface area contributed by atoms with E-state index in [9.17, 15) is 17.6 Å². The van der Waals surface area contributed by atoms with E-state index in [-0.39, 0.29) is 10.8 Å². The maximum absolute atomic E-state index is 14.5. The Morgan fingerprint density at radius 1 is 1.23 bits per heavy atom. The van der Waals surface area contributed by atoms with Crippen molar-refractivity contribution in [1.29, 1.82) is 0 Å². The van der Waals surface area contributed by atoms with E-state index >= 15 is 0 Å². The van der Waals surface area contributed by atoms with Crippen molar-refractivity contribution in [1.82, 2.24) is 13.9 Å². The van der Waals surface area contributed by atoms with E-state index in [0.29, 0.717) is 44.5 Å². The molecular formula is C20H29ClFN3O4S. The van der Waals surface area contributed by atoms with Crippen LogP contribution in [0.2, 0.25) is 5.02 Å². The Kier molecular flexibility index (Phi) is 7.60. The Balaban J connectivity index is 1.63. The van der Waals surface area contributed by atoms with E-state index in [1.165, 1.54) is 4.31 Å². The molecule has 10 heteroatoms. The minimum atomic E-state index is -4.07. The minimum Gasteiger partial charge on any atom is -0.492 e. The van der Waals surface area contributed by atoms with Crippen molar-refractivity contribution in [2.24, 2.45) is 5.92 Å². The standard InChI is InChI=1S/C20H29ClFN3O4S/c1-24(2)15-7-9-25(10-8-15)30(27,28)23-20(26)16-11-17(21)19(12-18(16)22)29-13-14-5-3-4-6-14/h11-12,14-15H,3-10,13H2,1-2H3,(H,23,26). The number of hydrogen-bond donors (Lipinski definition) is 1. The average molecular weight is 462 g/mol. The van der Waals surface area contributed by atoms with Gasteiger partial charge in [-0.25, -0.2) is 9.11 Å². The van der Waals surface area contributed by atoms with Crippen LogP contribution >= 0.6 is 11.6 Å². The Morgan fingerprint density at radius 3 is 2.47 bits per heavy atom. The normalized spacial score (nSPS) is 19.4. The van der Waals surface area contributed by atoms with Gasteiger partial charge in [0.25, 0.3) is 5.91 Å². The maximum atomic E-state index is 14.5. The second kappa shape index (κ2) is 9.80. The quantitative estimate of drug-likeness (QED) is 0.675. The summed E-state index contributed by atoms with van der Waals surface area (Å²) >= 11 is 6.16. The van der Waals surface area contributed by atoms with Gasteiger partial charge in [0.15, 0.2) is 0 Å². The summed E-state index contributed by atoms with van der Waals surface area (Å²) in [6.45, 7) is 1.03. The first kappa shape index (κ1) is 23.2. The Labute approximate surface area is 182 Å². The largest absolute Gasteiger partial charge is 0.492 e. The van der Waals surface area contributed by atoms with Crippen molar-refractivity contribution < 1.29 is 22.3 Å². The number of nitrogens with zero attached hydrogens (tertiary/aromatic N) is 2. The predicted molar refractivity (Wildman–Crippen MR) is 114 cm³/mol. The summed E-state index contributed by atoms with van der Waals surface area (Å²) in [5.74, 6) is -1.34. The van der Waals surface area contributed by atoms with Crippen LogP contribution in [0.5, 0.6) is 5.75 Å². The second-order valence-electron chi connectivity index (χ2n) is 8.25. The van der Waals surface area contributed by atoms with Crippen molar-refractivity contribution in [3.8, 4) is 5.75 Å². The van der Waals surface area contributed by atoms with Crippen LogP contribution in [-0.4, -0.2) is 63.4 Å². The highest BCUT2D eigenvalue weighted by molar-refractivity contribution is 7.87. The van der Waals surface area contributed by atoms with Crippen LogP contribution in [0.1, 0.15) is 48.9 Å². The molecule has 168 valence electrons. The molecule has 3 rings (SSSR count). The lowest BCUT2D eigenvalue weighted by Crippen LogP contribution is -2.49. The fraction of sp³-hybridized carbons (Fsp3) is 0.650. The van der Waals surface area contributed by atoms with Crippen LogP contribution in [0.4, 0.5) is 4.39 Å². The molecule has 0 spiro atoms. The number of carbonyl (C=O) groups is 1. The third kappa shape index (κ3) is 5.63. The number of carbonyl (C=O) groups excluding carboxylic acids is 1. The summed E-state index contributed by atoms with van der Waals surface area (Å²) in [6, 6.07) is 2.45. The third-order valence-corrected chi connectivity index (χ3v) is 7.71. The van der Waals surface area contributed by atoms with Crippen LogP contribution in [-0.2, 0) is 10.2 Å². The molecule has 1 aromatic carbocycles. The fourth-order valence-electron chi connectivity index (χ4n) is 4.03. The molecule has 1 amide bonds. The van der Waals surface area contributed by atoms with E-state index in [1.54, 1.807) is 0 Å². The predicted octanol–water partition coefficient (Wildman–Crippen LogP) is 3.05. The van der Waals surface area contributed by atoms with E-state index in [1.807, 2.05) is 18.8 Å². The molecule has 0 bridgehead atoms. The first-order chi connectivity index (χ1) is 14.2. The third-order valence-electron chi connectivity index (χ3n) is 5.93. The number of ether oxygens (including phenoxy) is 1. The molecule has 30 heavy (non-hydrogen) atoms. The molecule has 2 aliphatic rings. The van der Waals surface area contributed by atoms with Crippen LogP contribution in [0.25, 0.3) is 0 Å². The van der Waals surface area contributed by atoms with Gasteiger partial charge in [-0.05, 0) is 51.8 Å². The van der Waals surface area contributed by atoms with Crippen molar-refractivity contribution in [3.63, 3.8) is 0 Å². The maximum Gasteiger partial charge on any atom is 0.304 e. The summed E-state index contributed by atoms with van der Waals surface area (Å²) in [7, 11) is -0.169. The Morgan fingerprint density at radius 2 is 1.87 bits per heavy atom. The van der Waals surface area contributed by atoms with Crippen LogP contribution in [0, 0.1) is 11.7 Å². The number of rotatable bonds is 7. The number of nitrogens with one attached hydrogen (secondary N) is 1. The smallest absolute Gasteiger partial charge is 0.304 e. The summed E-state index contributed by atoms with van der Waals surface area (Å²) in [6.07, 6.45) is 5.80. The van der Waals surface area contributed by atoms with E-state index < -0.39 is 27.5 Å². The van der Waals surface area contributed by atoms with Crippen molar-refractivity contribution in [2.45, 2.75) is 44.6 Å². The highest BCUT2D eigenvalue weighted by Crippen LogP contribution is 2.31. The molecule has 0 aromatic heterocycles. The molecule has 1 aliphatic carbocycles. The highest BCUT2D eigenvalue weighted by Gasteiger charge is 2.31. The molecule has 1 aromatic rings. The number of amides is 1. The zero-order chi connectivity index (χ0) is 21.9. The monoisotopic (exact) mass is 461 g/mol. The SMILES string of the molecule is CN(C)C1CCN(S(=O)(=O)NC(=O)c2cc(Cl)c(OCC3CCCC3)cc2F)CC1. The zero-order valence-electron chi connectivity index (χ0n) is 17.4. The first-order valence-electron chi connectivity index (χ1n) is 10.3. The first-order valence-corrected chi connectivity index (χ1v) is 12.1. The van der Waals surface area contributed by atoms with Gasteiger partial charge in [-0.3, -0.25) is 4.79 Å². The number of benzene rings is 1. The van der Waals surface area contributed by atoms with Crippen molar-refractivity contribution in [3.05, 3.63) is 28.5 Å². The molecule has 0 radical (unpaired) electrons. The van der Waals surface area contributed by atoms with Gasteiger partial charge in [0.2, 0.25) is 0 Å². The molecule has 0 unspecified atom stereocenters. The van der Waals surface area contributed by atoms with E-state index in [2.05, 4.69) is 4.90 Å². The Bertz CT molecular complexity index is 867. The Hall–Kier alpha value is -1.42. The molecule has 1 heterocycles. The molecule has 1 N–H and O–H groups in total. The van der Waals surface area contributed by atoms with E-state index in [4.69, 9.17) is 16.3 Å². The number of hydrogen-bond acceptors (Lipinski definition) is 5. The van der Waals surface area contributed by atoms with Crippen molar-refractivity contribution >= 4 is 27.7 Å². The molecule has 1 aliphatic heterocycles. The topological polar surface area (TPSA) is 79.0 Å². The molecule has 0 atom stereocenters. The summed E-state index contributed by atoms with van der Waals surface area (Å²) in [4.78, 5) is 14.5. The molecule has 2 fully saturated rings. The van der Waals surface area contributed by atoms with Gasteiger partial charge in [0.1, 0.15) is 11.6 Å².